The van der Waals surface area contributed by atoms with Crippen LogP contribution >= 0.6 is 11.6 Å². The van der Waals surface area contributed by atoms with Crippen LogP contribution in [-0.2, 0) is 16.1 Å². The molecule has 1 heterocycles. The molecule has 0 aliphatic carbocycles. The van der Waals surface area contributed by atoms with E-state index in [2.05, 4.69) is 5.32 Å². The Morgan fingerprint density at radius 2 is 2.22 bits per heavy atom. The predicted octanol–water partition coefficient (Wildman–Crippen LogP) is 1.32. The van der Waals surface area contributed by atoms with E-state index in [9.17, 15) is 4.79 Å². The Labute approximate surface area is 111 Å². The van der Waals surface area contributed by atoms with Crippen molar-refractivity contribution in [3.63, 3.8) is 0 Å². The molecule has 1 aromatic carbocycles. The van der Waals surface area contributed by atoms with Crippen LogP contribution in [0.2, 0.25) is 5.02 Å². The van der Waals surface area contributed by atoms with Gasteiger partial charge in [-0.2, -0.15) is 0 Å². The van der Waals surface area contributed by atoms with Crippen LogP contribution < -0.4 is 11.1 Å². The molecule has 1 aliphatic rings. The molecule has 1 saturated heterocycles. The lowest BCUT2D eigenvalue weighted by Crippen LogP contribution is -2.49. The Morgan fingerprint density at radius 3 is 2.78 bits per heavy atom. The molecule has 2 atom stereocenters. The number of rotatable bonds is 3. The van der Waals surface area contributed by atoms with Gasteiger partial charge in [0.05, 0.1) is 18.6 Å². The maximum atomic E-state index is 12.1. The summed E-state index contributed by atoms with van der Waals surface area (Å²) in [6.07, 6.45) is 0. The van der Waals surface area contributed by atoms with E-state index < -0.39 is 5.41 Å². The van der Waals surface area contributed by atoms with Crippen LogP contribution in [0.25, 0.3) is 0 Å². The molecule has 18 heavy (non-hydrogen) atoms. The second-order valence-electron chi connectivity index (χ2n) is 4.85. The van der Waals surface area contributed by atoms with E-state index in [-0.39, 0.29) is 11.9 Å². The van der Waals surface area contributed by atoms with Crippen molar-refractivity contribution in [2.75, 3.05) is 13.2 Å². The molecule has 2 rings (SSSR count). The van der Waals surface area contributed by atoms with Crippen molar-refractivity contribution in [2.24, 2.45) is 11.1 Å². The minimum atomic E-state index is -0.633. The van der Waals surface area contributed by atoms with Crippen molar-refractivity contribution < 1.29 is 9.53 Å². The Hall–Kier alpha value is -1.10. The average Bonchev–Trinajstić information content (AvgIpc) is 2.70. The van der Waals surface area contributed by atoms with E-state index in [1.54, 1.807) is 12.1 Å². The Kier molecular flexibility index (Phi) is 3.90. The summed E-state index contributed by atoms with van der Waals surface area (Å²) in [5, 5.41) is 3.57. The van der Waals surface area contributed by atoms with Gasteiger partial charge in [0.25, 0.3) is 0 Å². The second-order valence-corrected chi connectivity index (χ2v) is 5.28. The lowest BCUT2D eigenvalue weighted by Gasteiger charge is -2.25. The third-order valence-electron chi connectivity index (χ3n) is 3.40. The van der Waals surface area contributed by atoms with E-state index in [0.717, 1.165) is 5.56 Å². The molecule has 5 heteroatoms. The quantitative estimate of drug-likeness (QED) is 0.869. The number of nitrogens with one attached hydrogen (secondary N) is 1. The summed E-state index contributed by atoms with van der Waals surface area (Å²) in [5.74, 6) is -0.0672. The first-order valence-corrected chi connectivity index (χ1v) is 6.26. The van der Waals surface area contributed by atoms with Crippen LogP contribution in [0.5, 0.6) is 0 Å². The van der Waals surface area contributed by atoms with Gasteiger partial charge >= 0.3 is 0 Å². The largest absolute Gasteiger partial charge is 0.379 e. The fourth-order valence-corrected chi connectivity index (χ4v) is 2.04. The maximum absolute atomic E-state index is 12.1. The highest BCUT2D eigenvalue weighted by Gasteiger charge is 2.44. The van der Waals surface area contributed by atoms with Gasteiger partial charge in [-0.05, 0) is 24.6 Å². The zero-order valence-electron chi connectivity index (χ0n) is 10.3. The maximum Gasteiger partial charge on any atom is 0.230 e. The van der Waals surface area contributed by atoms with Crippen LogP contribution in [0.4, 0.5) is 0 Å². The summed E-state index contributed by atoms with van der Waals surface area (Å²) in [7, 11) is 0. The highest BCUT2D eigenvalue weighted by molar-refractivity contribution is 6.30. The molecular formula is C13H17ClN2O2. The number of halogens is 1. The molecule has 1 aromatic rings. The Balaban J connectivity index is 1.94. The van der Waals surface area contributed by atoms with Gasteiger partial charge in [-0.1, -0.05) is 23.7 Å². The average molecular weight is 269 g/mol. The number of hydrogen-bond donors (Lipinski definition) is 2. The second kappa shape index (κ2) is 5.26. The standard InChI is InChI=1S/C13H17ClN2O2/c1-13(8-18-7-11(13)15)12(17)16-6-9-2-4-10(14)5-3-9/h2-5,11H,6-8,15H2,1H3,(H,16,17). The highest BCUT2D eigenvalue weighted by atomic mass is 35.5. The van der Waals surface area contributed by atoms with Gasteiger partial charge in [0, 0.05) is 17.6 Å². The third kappa shape index (κ3) is 2.66. The summed E-state index contributed by atoms with van der Waals surface area (Å²) < 4.78 is 5.26. The summed E-state index contributed by atoms with van der Waals surface area (Å²) in [5.41, 5.74) is 6.27. The van der Waals surface area contributed by atoms with Crippen LogP contribution in [0.1, 0.15) is 12.5 Å². The van der Waals surface area contributed by atoms with Crippen LogP contribution in [-0.4, -0.2) is 25.2 Å². The lowest BCUT2D eigenvalue weighted by atomic mass is 9.85. The molecular weight excluding hydrogens is 252 g/mol. The molecule has 0 radical (unpaired) electrons. The number of benzene rings is 1. The molecule has 98 valence electrons. The van der Waals surface area contributed by atoms with E-state index in [4.69, 9.17) is 22.1 Å². The first-order valence-electron chi connectivity index (χ1n) is 5.88. The smallest absolute Gasteiger partial charge is 0.230 e. The zero-order valence-corrected chi connectivity index (χ0v) is 11.0. The minimum Gasteiger partial charge on any atom is -0.379 e. The summed E-state index contributed by atoms with van der Waals surface area (Å²) in [6.45, 7) is 3.12. The van der Waals surface area contributed by atoms with Crippen molar-refractivity contribution in [1.29, 1.82) is 0 Å². The highest BCUT2D eigenvalue weighted by Crippen LogP contribution is 2.27. The number of carbonyl (C=O) groups excluding carboxylic acids is 1. The molecule has 0 bridgehead atoms. The number of amides is 1. The topological polar surface area (TPSA) is 64.3 Å². The van der Waals surface area contributed by atoms with Gasteiger partial charge in [0.2, 0.25) is 5.91 Å². The first kappa shape index (κ1) is 13.3. The fraction of sp³-hybridized carbons (Fsp3) is 0.462. The monoisotopic (exact) mass is 268 g/mol. The number of ether oxygens (including phenoxy) is 1. The minimum absolute atomic E-state index is 0.0672. The van der Waals surface area contributed by atoms with E-state index in [1.165, 1.54) is 0 Å². The van der Waals surface area contributed by atoms with Crippen LogP contribution in [0.3, 0.4) is 0 Å². The third-order valence-corrected chi connectivity index (χ3v) is 3.65. The summed E-state index contributed by atoms with van der Waals surface area (Å²) in [6, 6.07) is 7.12. The Bertz CT molecular complexity index is 435. The molecule has 0 aromatic heterocycles. The molecule has 0 spiro atoms. The normalized spacial score (nSPS) is 27.2. The van der Waals surface area contributed by atoms with Crippen LogP contribution in [0.15, 0.2) is 24.3 Å². The van der Waals surface area contributed by atoms with Gasteiger partial charge in [-0.15, -0.1) is 0 Å². The van der Waals surface area contributed by atoms with E-state index in [0.29, 0.717) is 24.8 Å². The van der Waals surface area contributed by atoms with Crippen molar-refractivity contribution >= 4 is 17.5 Å². The van der Waals surface area contributed by atoms with E-state index in [1.807, 2.05) is 19.1 Å². The zero-order chi connectivity index (χ0) is 13.2. The molecule has 1 amide bonds. The molecule has 4 nitrogen and oxygen atoms in total. The van der Waals surface area contributed by atoms with Gasteiger partial charge in [0.1, 0.15) is 0 Å². The molecule has 1 aliphatic heterocycles. The Morgan fingerprint density at radius 1 is 1.56 bits per heavy atom. The van der Waals surface area contributed by atoms with E-state index >= 15 is 0 Å². The lowest BCUT2D eigenvalue weighted by molar-refractivity contribution is -0.130. The molecule has 2 unspecified atom stereocenters. The first-order chi connectivity index (χ1) is 8.52. The SMILES string of the molecule is CC1(C(=O)NCc2ccc(Cl)cc2)COCC1N. The van der Waals surface area contributed by atoms with Crippen molar-refractivity contribution in [3.05, 3.63) is 34.9 Å². The van der Waals surface area contributed by atoms with Gasteiger partial charge in [0.15, 0.2) is 0 Å². The van der Waals surface area contributed by atoms with Crippen molar-refractivity contribution in [3.8, 4) is 0 Å². The van der Waals surface area contributed by atoms with Crippen molar-refractivity contribution in [1.82, 2.24) is 5.32 Å². The van der Waals surface area contributed by atoms with Gasteiger partial charge in [-0.25, -0.2) is 0 Å². The summed E-state index contributed by atoms with van der Waals surface area (Å²) >= 11 is 5.80. The predicted molar refractivity (Wildman–Crippen MR) is 70.2 cm³/mol. The summed E-state index contributed by atoms with van der Waals surface area (Å²) in [4.78, 5) is 12.1. The van der Waals surface area contributed by atoms with Crippen LogP contribution in [0, 0.1) is 5.41 Å². The van der Waals surface area contributed by atoms with Gasteiger partial charge < -0.3 is 15.8 Å². The van der Waals surface area contributed by atoms with Crippen molar-refractivity contribution in [2.45, 2.75) is 19.5 Å². The number of carbonyl (C=O) groups is 1. The fourth-order valence-electron chi connectivity index (χ4n) is 1.91. The number of nitrogens with two attached hydrogens (primary N) is 1. The van der Waals surface area contributed by atoms with Gasteiger partial charge in [-0.3, -0.25) is 4.79 Å². The molecule has 3 N–H and O–H groups in total. The molecule has 1 fully saturated rings. The molecule has 0 saturated carbocycles. The number of hydrogen-bond acceptors (Lipinski definition) is 3.